The molecule has 0 amide bonds. The van der Waals surface area contributed by atoms with Gasteiger partial charge in [0.15, 0.2) is 6.10 Å². The fourth-order valence-corrected chi connectivity index (χ4v) is 2.09. The van der Waals surface area contributed by atoms with Crippen molar-refractivity contribution < 1.29 is 14.6 Å². The van der Waals surface area contributed by atoms with Gasteiger partial charge in [-0.3, -0.25) is 0 Å². The topological polar surface area (TPSA) is 46.5 Å². The normalized spacial score (nSPS) is 12.1. The van der Waals surface area contributed by atoms with Gasteiger partial charge in [-0.15, -0.1) is 0 Å². The molecule has 104 valence electrons. The summed E-state index contributed by atoms with van der Waals surface area (Å²) in [6.45, 7) is 0.300. The van der Waals surface area contributed by atoms with Crippen molar-refractivity contribution in [3.05, 3.63) is 70.2 Å². The van der Waals surface area contributed by atoms with Crippen LogP contribution in [0.5, 0.6) is 0 Å². The number of rotatable bonds is 6. The molecule has 1 atom stereocenters. The van der Waals surface area contributed by atoms with Gasteiger partial charge in [-0.1, -0.05) is 58.4 Å². The Kier molecular flexibility index (Phi) is 5.32. The third-order valence-electron chi connectivity index (χ3n) is 2.90. The Labute approximate surface area is 126 Å². The van der Waals surface area contributed by atoms with Crippen LogP contribution in [0.15, 0.2) is 59.1 Å². The van der Waals surface area contributed by atoms with E-state index in [9.17, 15) is 9.90 Å². The van der Waals surface area contributed by atoms with Crippen molar-refractivity contribution in [1.29, 1.82) is 0 Å². The van der Waals surface area contributed by atoms with Gasteiger partial charge in [-0.2, -0.15) is 0 Å². The monoisotopic (exact) mass is 334 g/mol. The lowest BCUT2D eigenvalue weighted by atomic mass is 10.1. The average molecular weight is 335 g/mol. The number of benzene rings is 2. The van der Waals surface area contributed by atoms with E-state index in [0.717, 1.165) is 15.6 Å². The number of carboxylic acid groups (broad SMARTS) is 1. The van der Waals surface area contributed by atoms with E-state index in [2.05, 4.69) is 15.9 Å². The van der Waals surface area contributed by atoms with Crippen LogP contribution < -0.4 is 0 Å². The second kappa shape index (κ2) is 7.22. The quantitative estimate of drug-likeness (QED) is 0.876. The molecule has 0 heterocycles. The molecule has 0 bridgehead atoms. The average Bonchev–Trinajstić information content (AvgIpc) is 2.46. The molecule has 0 aliphatic heterocycles. The summed E-state index contributed by atoms with van der Waals surface area (Å²) in [4.78, 5) is 11.3. The van der Waals surface area contributed by atoms with E-state index in [0.29, 0.717) is 13.0 Å². The second-order valence-electron chi connectivity index (χ2n) is 4.45. The van der Waals surface area contributed by atoms with E-state index in [1.807, 2.05) is 54.6 Å². The molecule has 3 nitrogen and oxygen atoms in total. The van der Waals surface area contributed by atoms with Gasteiger partial charge in [0.1, 0.15) is 0 Å². The molecule has 0 fully saturated rings. The molecule has 0 radical (unpaired) electrons. The minimum Gasteiger partial charge on any atom is -0.479 e. The first-order valence-electron chi connectivity index (χ1n) is 6.28. The Hall–Kier alpha value is -1.65. The van der Waals surface area contributed by atoms with E-state index in [1.54, 1.807) is 0 Å². The molecule has 2 aromatic rings. The minimum atomic E-state index is -0.941. The molecule has 2 aromatic carbocycles. The molecule has 0 aromatic heterocycles. The number of carboxylic acids is 1. The molecule has 4 heteroatoms. The predicted molar refractivity (Wildman–Crippen MR) is 80.5 cm³/mol. The first-order valence-corrected chi connectivity index (χ1v) is 7.07. The third-order valence-corrected chi connectivity index (χ3v) is 3.43. The van der Waals surface area contributed by atoms with Gasteiger partial charge in [0.2, 0.25) is 0 Å². The molecule has 1 N–H and O–H groups in total. The summed E-state index contributed by atoms with van der Waals surface area (Å²) in [7, 11) is 0. The highest BCUT2D eigenvalue weighted by molar-refractivity contribution is 9.10. The zero-order valence-corrected chi connectivity index (χ0v) is 12.4. The van der Waals surface area contributed by atoms with Crippen molar-refractivity contribution in [2.45, 2.75) is 19.1 Å². The van der Waals surface area contributed by atoms with Gasteiger partial charge < -0.3 is 9.84 Å². The Morgan fingerprint density at radius 1 is 1.05 bits per heavy atom. The lowest BCUT2D eigenvalue weighted by Gasteiger charge is -2.14. The summed E-state index contributed by atoms with van der Waals surface area (Å²) in [6, 6.07) is 17.1. The van der Waals surface area contributed by atoms with Crippen LogP contribution >= 0.6 is 15.9 Å². The molecule has 0 aliphatic carbocycles. The second-order valence-corrected chi connectivity index (χ2v) is 5.37. The lowest BCUT2D eigenvalue weighted by molar-refractivity contribution is -0.151. The lowest BCUT2D eigenvalue weighted by Crippen LogP contribution is -2.26. The van der Waals surface area contributed by atoms with Crippen LogP contribution in [0.1, 0.15) is 11.1 Å². The number of ether oxygens (including phenoxy) is 1. The van der Waals surface area contributed by atoms with Crippen molar-refractivity contribution in [2.75, 3.05) is 0 Å². The standard InChI is InChI=1S/C16H15BrO3/c17-14-8-6-12(7-9-14)10-15(16(18)19)20-11-13-4-2-1-3-5-13/h1-9,15H,10-11H2,(H,18,19). The number of halogens is 1. The maximum atomic E-state index is 11.3. The Morgan fingerprint density at radius 2 is 1.70 bits per heavy atom. The van der Waals surface area contributed by atoms with Crippen LogP contribution in [0, 0.1) is 0 Å². The molecular formula is C16H15BrO3. The zero-order valence-electron chi connectivity index (χ0n) is 10.8. The van der Waals surface area contributed by atoms with Crippen molar-refractivity contribution in [3.63, 3.8) is 0 Å². The SMILES string of the molecule is O=C(O)C(Cc1ccc(Br)cc1)OCc1ccccc1. The van der Waals surface area contributed by atoms with Gasteiger partial charge in [-0.25, -0.2) is 4.79 Å². The van der Waals surface area contributed by atoms with E-state index in [-0.39, 0.29) is 0 Å². The van der Waals surface area contributed by atoms with E-state index < -0.39 is 12.1 Å². The van der Waals surface area contributed by atoms with Crippen LogP contribution in [-0.4, -0.2) is 17.2 Å². The highest BCUT2D eigenvalue weighted by atomic mass is 79.9. The van der Waals surface area contributed by atoms with Gasteiger partial charge in [0, 0.05) is 10.9 Å². The number of hydrogen-bond donors (Lipinski definition) is 1. The Balaban J connectivity index is 1.97. The Morgan fingerprint density at radius 3 is 2.30 bits per heavy atom. The molecule has 2 rings (SSSR count). The smallest absolute Gasteiger partial charge is 0.333 e. The Bertz CT molecular complexity index is 552. The van der Waals surface area contributed by atoms with E-state index in [1.165, 1.54) is 0 Å². The number of carbonyl (C=O) groups is 1. The molecule has 0 saturated carbocycles. The summed E-state index contributed by atoms with van der Waals surface area (Å²) in [6.07, 6.45) is -0.480. The molecular weight excluding hydrogens is 320 g/mol. The van der Waals surface area contributed by atoms with Crippen LogP contribution in [-0.2, 0) is 22.6 Å². The zero-order chi connectivity index (χ0) is 14.4. The maximum absolute atomic E-state index is 11.3. The fraction of sp³-hybridized carbons (Fsp3) is 0.188. The van der Waals surface area contributed by atoms with Gasteiger partial charge in [0.05, 0.1) is 6.61 Å². The molecule has 1 unspecified atom stereocenters. The number of aliphatic carboxylic acids is 1. The highest BCUT2D eigenvalue weighted by Gasteiger charge is 2.18. The van der Waals surface area contributed by atoms with E-state index in [4.69, 9.17) is 4.74 Å². The van der Waals surface area contributed by atoms with Crippen LogP contribution in [0.2, 0.25) is 0 Å². The van der Waals surface area contributed by atoms with Crippen molar-refractivity contribution in [3.8, 4) is 0 Å². The largest absolute Gasteiger partial charge is 0.479 e. The summed E-state index contributed by atoms with van der Waals surface area (Å²) in [5, 5.41) is 9.23. The first-order chi connectivity index (χ1) is 9.65. The summed E-state index contributed by atoms with van der Waals surface area (Å²) < 4.78 is 6.48. The molecule has 0 saturated heterocycles. The van der Waals surface area contributed by atoms with Gasteiger partial charge >= 0.3 is 5.97 Å². The first kappa shape index (κ1) is 14.8. The third kappa shape index (κ3) is 4.47. The van der Waals surface area contributed by atoms with Crippen LogP contribution in [0.4, 0.5) is 0 Å². The predicted octanol–water partition coefficient (Wildman–Crippen LogP) is 3.66. The van der Waals surface area contributed by atoms with Gasteiger partial charge in [0.25, 0.3) is 0 Å². The molecule has 20 heavy (non-hydrogen) atoms. The minimum absolute atomic E-state index is 0.300. The summed E-state index contributed by atoms with van der Waals surface area (Å²) in [5.74, 6) is -0.941. The molecule has 0 spiro atoms. The molecule has 0 aliphatic rings. The maximum Gasteiger partial charge on any atom is 0.333 e. The van der Waals surface area contributed by atoms with Crippen LogP contribution in [0.25, 0.3) is 0 Å². The summed E-state index contributed by atoms with van der Waals surface area (Å²) >= 11 is 3.35. The fourth-order valence-electron chi connectivity index (χ4n) is 1.82. The van der Waals surface area contributed by atoms with Crippen molar-refractivity contribution in [1.82, 2.24) is 0 Å². The highest BCUT2D eigenvalue weighted by Crippen LogP contribution is 2.14. The van der Waals surface area contributed by atoms with E-state index >= 15 is 0 Å². The van der Waals surface area contributed by atoms with Crippen molar-refractivity contribution in [2.24, 2.45) is 0 Å². The number of hydrogen-bond acceptors (Lipinski definition) is 2. The summed E-state index contributed by atoms with van der Waals surface area (Å²) in [5.41, 5.74) is 1.91. The van der Waals surface area contributed by atoms with Gasteiger partial charge in [-0.05, 0) is 23.3 Å². The van der Waals surface area contributed by atoms with Crippen LogP contribution in [0.3, 0.4) is 0 Å². The van der Waals surface area contributed by atoms with Crippen molar-refractivity contribution >= 4 is 21.9 Å².